The minimum Gasteiger partial charge on any atom is -0.503 e. The molecule has 3 aromatic rings. The summed E-state index contributed by atoms with van der Waals surface area (Å²) in [5.41, 5.74) is 1.50. The summed E-state index contributed by atoms with van der Waals surface area (Å²) in [6, 6.07) is 19.0. The van der Waals surface area contributed by atoms with Gasteiger partial charge in [-0.25, -0.2) is 8.78 Å². The number of aliphatic hydroxyl groups is 1. The minimum absolute atomic E-state index is 0.0724. The van der Waals surface area contributed by atoms with E-state index in [2.05, 4.69) is 0 Å². The zero-order valence-electron chi connectivity index (χ0n) is 16.5. The first kappa shape index (κ1) is 20.5. The number of carbonyl (C=O) groups excluding carboxylic acids is 2. The Balaban J connectivity index is 1.73. The van der Waals surface area contributed by atoms with Gasteiger partial charge in [-0.3, -0.25) is 14.5 Å². The van der Waals surface area contributed by atoms with Crippen LogP contribution >= 0.6 is 0 Å². The van der Waals surface area contributed by atoms with Gasteiger partial charge >= 0.3 is 0 Å². The van der Waals surface area contributed by atoms with Crippen molar-refractivity contribution in [3.63, 3.8) is 0 Å². The maximum absolute atomic E-state index is 13.9. The Labute approximate surface area is 178 Å². The first-order valence-corrected chi connectivity index (χ1v) is 9.80. The molecule has 156 valence electrons. The van der Waals surface area contributed by atoms with Crippen LogP contribution in [0.2, 0.25) is 0 Å². The molecule has 0 aromatic heterocycles. The summed E-state index contributed by atoms with van der Waals surface area (Å²) >= 11 is 0. The smallest absolute Gasteiger partial charge is 0.294 e. The van der Waals surface area contributed by atoms with Crippen LogP contribution in [0.25, 0.3) is 0 Å². The van der Waals surface area contributed by atoms with E-state index < -0.39 is 35.1 Å². The normalized spacial score (nSPS) is 16.1. The van der Waals surface area contributed by atoms with Gasteiger partial charge in [-0.05, 0) is 47.9 Å². The highest BCUT2D eigenvalue weighted by molar-refractivity contribution is 6.16. The molecule has 0 radical (unpaired) electrons. The number of anilines is 1. The average molecular weight is 419 g/mol. The van der Waals surface area contributed by atoms with Crippen molar-refractivity contribution in [3.05, 3.63) is 113 Å². The van der Waals surface area contributed by atoms with Crippen LogP contribution in [0, 0.1) is 11.6 Å². The van der Waals surface area contributed by atoms with Crippen LogP contribution in [0.3, 0.4) is 0 Å². The van der Waals surface area contributed by atoms with Crippen LogP contribution in [0.15, 0.2) is 90.2 Å². The standard InChI is InChI=1S/C25H19F2NO3/c26-18-12-10-17(11-13-18)23-22(21(29)14-9-16-5-2-1-3-6-16)24(30)25(31)28(23)20-8-4-7-19(27)15-20/h1-8,10-13,15,23,30H,9,14H2. The zero-order chi connectivity index (χ0) is 22.0. The van der Waals surface area contributed by atoms with Crippen molar-refractivity contribution in [1.82, 2.24) is 0 Å². The summed E-state index contributed by atoms with van der Waals surface area (Å²) in [7, 11) is 0. The Morgan fingerprint density at radius 2 is 1.61 bits per heavy atom. The molecule has 0 saturated heterocycles. The molecule has 1 aliphatic rings. The molecule has 1 heterocycles. The lowest BCUT2D eigenvalue weighted by Gasteiger charge is -2.27. The molecule has 1 unspecified atom stereocenters. The number of aliphatic hydroxyl groups excluding tert-OH is 1. The minimum atomic E-state index is -0.988. The molecule has 1 atom stereocenters. The van der Waals surface area contributed by atoms with Crippen molar-refractivity contribution in [2.75, 3.05) is 4.90 Å². The lowest BCUT2D eigenvalue weighted by atomic mass is 9.93. The Hall–Kier alpha value is -3.80. The highest BCUT2D eigenvalue weighted by Crippen LogP contribution is 2.41. The molecule has 6 heteroatoms. The SMILES string of the molecule is O=C(CCc1ccccc1)C1=C(O)C(=O)N(c2cccc(F)c2)C1c1ccc(F)cc1. The Morgan fingerprint density at radius 1 is 0.903 bits per heavy atom. The molecule has 4 nitrogen and oxygen atoms in total. The highest BCUT2D eigenvalue weighted by Gasteiger charge is 2.44. The zero-order valence-corrected chi connectivity index (χ0v) is 16.5. The van der Waals surface area contributed by atoms with E-state index in [1.54, 1.807) is 0 Å². The topological polar surface area (TPSA) is 57.6 Å². The van der Waals surface area contributed by atoms with Gasteiger partial charge < -0.3 is 5.11 Å². The number of aryl methyl sites for hydroxylation is 1. The predicted molar refractivity (Wildman–Crippen MR) is 112 cm³/mol. The Bertz CT molecular complexity index is 1160. The van der Waals surface area contributed by atoms with Crippen molar-refractivity contribution in [1.29, 1.82) is 0 Å². The number of nitrogens with zero attached hydrogens (tertiary/aromatic N) is 1. The van der Waals surface area contributed by atoms with Crippen molar-refractivity contribution in [3.8, 4) is 0 Å². The number of hydrogen-bond acceptors (Lipinski definition) is 3. The van der Waals surface area contributed by atoms with Gasteiger partial charge in [0.05, 0.1) is 11.6 Å². The largest absolute Gasteiger partial charge is 0.503 e. The third-order valence-electron chi connectivity index (χ3n) is 5.26. The maximum atomic E-state index is 13.9. The van der Waals surface area contributed by atoms with Crippen LogP contribution in [-0.4, -0.2) is 16.8 Å². The second-order valence-corrected chi connectivity index (χ2v) is 7.28. The second-order valence-electron chi connectivity index (χ2n) is 7.28. The molecule has 3 aromatic carbocycles. The molecule has 31 heavy (non-hydrogen) atoms. The van der Waals surface area contributed by atoms with Gasteiger partial charge in [-0.1, -0.05) is 48.5 Å². The van der Waals surface area contributed by atoms with Gasteiger partial charge in [0, 0.05) is 12.1 Å². The number of halogens is 2. The van der Waals surface area contributed by atoms with E-state index in [9.17, 15) is 23.5 Å². The summed E-state index contributed by atoms with van der Waals surface area (Å²) in [4.78, 5) is 27.2. The molecule has 0 bridgehead atoms. The van der Waals surface area contributed by atoms with Crippen molar-refractivity contribution < 1.29 is 23.5 Å². The van der Waals surface area contributed by atoms with Gasteiger partial charge in [-0.15, -0.1) is 0 Å². The van der Waals surface area contributed by atoms with E-state index in [4.69, 9.17) is 0 Å². The fraction of sp³-hybridized carbons (Fsp3) is 0.120. The van der Waals surface area contributed by atoms with E-state index in [0.29, 0.717) is 12.0 Å². The maximum Gasteiger partial charge on any atom is 0.294 e. The number of hydrogen-bond donors (Lipinski definition) is 1. The van der Waals surface area contributed by atoms with Crippen molar-refractivity contribution in [2.45, 2.75) is 18.9 Å². The quantitative estimate of drug-likeness (QED) is 0.607. The molecular weight excluding hydrogens is 400 g/mol. The molecule has 1 N–H and O–H groups in total. The summed E-state index contributed by atoms with van der Waals surface area (Å²) in [6.45, 7) is 0. The molecule has 1 aliphatic heterocycles. The van der Waals surface area contributed by atoms with E-state index in [1.807, 2.05) is 30.3 Å². The molecular formula is C25H19F2NO3. The fourth-order valence-electron chi connectivity index (χ4n) is 3.78. The lowest BCUT2D eigenvalue weighted by molar-refractivity contribution is -0.118. The van der Waals surface area contributed by atoms with Crippen molar-refractivity contribution >= 4 is 17.4 Å². The number of Topliss-reactive ketones (excluding diaryl/α,β-unsaturated/α-hetero) is 1. The number of benzene rings is 3. The molecule has 0 aliphatic carbocycles. The predicted octanol–water partition coefficient (Wildman–Crippen LogP) is 5.07. The Morgan fingerprint density at radius 3 is 2.29 bits per heavy atom. The van der Waals surface area contributed by atoms with Crippen LogP contribution in [0.4, 0.5) is 14.5 Å². The van der Waals surface area contributed by atoms with E-state index in [1.165, 1.54) is 47.4 Å². The third-order valence-corrected chi connectivity index (χ3v) is 5.26. The number of ketones is 1. The molecule has 1 amide bonds. The van der Waals surface area contributed by atoms with E-state index in [0.717, 1.165) is 11.6 Å². The van der Waals surface area contributed by atoms with Crippen molar-refractivity contribution in [2.24, 2.45) is 0 Å². The van der Waals surface area contributed by atoms with E-state index in [-0.39, 0.29) is 17.7 Å². The monoisotopic (exact) mass is 419 g/mol. The van der Waals surface area contributed by atoms with Gasteiger partial charge in [0.1, 0.15) is 11.6 Å². The highest BCUT2D eigenvalue weighted by atomic mass is 19.1. The summed E-state index contributed by atoms with van der Waals surface area (Å²) < 4.78 is 27.4. The first-order chi connectivity index (χ1) is 15.0. The van der Waals surface area contributed by atoms with Gasteiger partial charge in [0.15, 0.2) is 11.5 Å². The summed E-state index contributed by atoms with van der Waals surface area (Å²) in [6.07, 6.45) is 0.506. The lowest BCUT2D eigenvalue weighted by Crippen LogP contribution is -2.31. The van der Waals surface area contributed by atoms with Crippen LogP contribution in [-0.2, 0) is 16.0 Å². The number of carbonyl (C=O) groups is 2. The van der Waals surface area contributed by atoms with Crippen LogP contribution in [0.5, 0.6) is 0 Å². The fourth-order valence-corrected chi connectivity index (χ4v) is 3.78. The number of rotatable bonds is 6. The molecule has 0 spiro atoms. The van der Waals surface area contributed by atoms with Crippen LogP contribution < -0.4 is 4.90 Å². The first-order valence-electron chi connectivity index (χ1n) is 9.80. The summed E-state index contributed by atoms with van der Waals surface area (Å²) in [5.74, 6) is -2.91. The van der Waals surface area contributed by atoms with Gasteiger partial charge in [0.25, 0.3) is 5.91 Å². The molecule has 0 saturated carbocycles. The van der Waals surface area contributed by atoms with Crippen LogP contribution in [0.1, 0.15) is 23.6 Å². The Kier molecular flexibility index (Phi) is 5.62. The number of amides is 1. The van der Waals surface area contributed by atoms with Gasteiger partial charge in [0.2, 0.25) is 0 Å². The van der Waals surface area contributed by atoms with Gasteiger partial charge in [-0.2, -0.15) is 0 Å². The summed E-state index contributed by atoms with van der Waals surface area (Å²) in [5, 5.41) is 10.6. The molecule has 0 fully saturated rings. The molecule has 4 rings (SSSR count). The third kappa shape index (κ3) is 4.10. The van der Waals surface area contributed by atoms with E-state index >= 15 is 0 Å². The average Bonchev–Trinajstić information content (AvgIpc) is 3.04. The second kappa shape index (κ2) is 8.52.